The van der Waals surface area contributed by atoms with E-state index in [1.54, 1.807) is 0 Å². The summed E-state index contributed by atoms with van der Waals surface area (Å²) in [6, 6.07) is 9.09. The number of anilines is 1. The van der Waals surface area contributed by atoms with Crippen LogP contribution in [0.15, 0.2) is 29.3 Å². The molecule has 1 N–H and O–H groups in total. The number of nitrogens with zero attached hydrogens (tertiary/aromatic N) is 1. The third-order valence-electron chi connectivity index (χ3n) is 4.39. The number of nitrogens with one attached hydrogen (secondary N) is 1. The van der Waals surface area contributed by atoms with E-state index in [9.17, 15) is 0 Å². The number of hydrogen-bond donors (Lipinski definition) is 1. The first kappa shape index (κ1) is 15.1. The van der Waals surface area contributed by atoms with Crippen molar-refractivity contribution in [2.24, 2.45) is 10.9 Å². The molecular weight excluding hydrogens is 244 g/mol. The number of rotatable bonds is 2. The maximum absolute atomic E-state index is 4.92. The van der Waals surface area contributed by atoms with Gasteiger partial charge in [-0.2, -0.15) is 0 Å². The average Bonchev–Trinajstić information content (AvgIpc) is 2.92. The number of para-hydroxylation sites is 1. The standard InChI is InChI=1S/C16H22N2.C2H6/c1-2-12-7-9-14(10-8-12)17-16-11-13-5-3-4-6-15(13)18-16;1-2/h3-6,12,14H,2,7-11H2,1H3,(H,17,18);1-2H3. The molecule has 0 aromatic heterocycles. The Morgan fingerprint density at radius 2 is 1.80 bits per heavy atom. The van der Waals surface area contributed by atoms with Gasteiger partial charge in [0.25, 0.3) is 0 Å². The van der Waals surface area contributed by atoms with Crippen LogP contribution in [0, 0.1) is 5.92 Å². The minimum absolute atomic E-state index is 0.560. The number of hydrogen-bond acceptors (Lipinski definition) is 1. The fourth-order valence-corrected chi connectivity index (χ4v) is 3.16. The summed E-state index contributed by atoms with van der Waals surface area (Å²) in [5.41, 5.74) is 2.64. The van der Waals surface area contributed by atoms with Gasteiger partial charge in [0.2, 0.25) is 0 Å². The summed E-state index contributed by atoms with van der Waals surface area (Å²) in [5, 5.41) is 3.46. The smallest absolute Gasteiger partial charge is 0.106 e. The van der Waals surface area contributed by atoms with Crippen LogP contribution >= 0.6 is 0 Å². The first-order chi connectivity index (χ1) is 9.85. The van der Waals surface area contributed by atoms with Crippen molar-refractivity contribution in [2.45, 2.75) is 65.3 Å². The lowest BCUT2D eigenvalue weighted by atomic mass is 9.85. The summed E-state index contributed by atoms with van der Waals surface area (Å²) in [5.74, 6) is 2.13. The van der Waals surface area contributed by atoms with Gasteiger partial charge in [-0.3, -0.25) is 4.99 Å². The molecule has 110 valence electrons. The van der Waals surface area contributed by atoms with Crippen molar-refractivity contribution in [2.75, 3.05) is 5.32 Å². The Labute approximate surface area is 123 Å². The maximum atomic E-state index is 4.92. The summed E-state index contributed by atoms with van der Waals surface area (Å²) in [4.78, 5) is 4.92. The summed E-state index contributed by atoms with van der Waals surface area (Å²) >= 11 is 0. The first-order valence-corrected chi connectivity index (χ1v) is 8.26. The van der Waals surface area contributed by atoms with Crippen LogP contribution in [0.3, 0.4) is 0 Å². The second-order valence-corrected chi connectivity index (χ2v) is 5.62. The zero-order chi connectivity index (χ0) is 14.4. The molecule has 0 radical (unpaired) electrons. The van der Waals surface area contributed by atoms with E-state index in [1.165, 1.54) is 49.2 Å². The fraction of sp³-hybridized carbons (Fsp3) is 0.611. The van der Waals surface area contributed by atoms with Crippen molar-refractivity contribution in [3.8, 4) is 0 Å². The van der Waals surface area contributed by atoms with Gasteiger partial charge < -0.3 is 5.32 Å². The number of aliphatic imine (C=N–C) groups is 1. The normalized spacial score (nSPS) is 26.4. The highest BCUT2D eigenvalue weighted by Crippen LogP contribution is 2.29. The van der Waals surface area contributed by atoms with E-state index in [2.05, 4.69) is 36.5 Å². The molecule has 0 unspecified atom stereocenters. The molecule has 0 amide bonds. The van der Waals surface area contributed by atoms with Crippen molar-refractivity contribution in [1.29, 1.82) is 0 Å². The van der Waals surface area contributed by atoms with Crippen LogP contribution in [-0.4, -0.2) is 11.9 Å². The Hall–Kier alpha value is -1.31. The van der Waals surface area contributed by atoms with Crippen LogP contribution in [-0.2, 0) is 6.42 Å². The predicted molar refractivity (Wildman–Crippen MR) is 88.6 cm³/mol. The maximum Gasteiger partial charge on any atom is 0.106 e. The number of amidine groups is 1. The van der Waals surface area contributed by atoms with Crippen molar-refractivity contribution in [3.05, 3.63) is 29.8 Å². The Kier molecular flexibility index (Phi) is 5.63. The monoisotopic (exact) mass is 272 g/mol. The molecular formula is C18H28N2. The van der Waals surface area contributed by atoms with Gasteiger partial charge in [0.1, 0.15) is 5.84 Å². The molecule has 0 spiro atoms. The highest BCUT2D eigenvalue weighted by Gasteiger charge is 2.21. The molecule has 3 rings (SSSR count). The minimum atomic E-state index is 0.560. The lowest BCUT2D eigenvalue weighted by Gasteiger charge is -2.25. The second-order valence-electron chi connectivity index (χ2n) is 5.62. The van der Waals surface area contributed by atoms with Gasteiger partial charge in [-0.05, 0) is 43.2 Å². The van der Waals surface area contributed by atoms with Gasteiger partial charge >= 0.3 is 0 Å². The Balaban J connectivity index is 0.000000704. The van der Waals surface area contributed by atoms with Crippen molar-refractivity contribution in [3.63, 3.8) is 0 Å². The Bertz CT molecular complexity index is 415. The molecule has 1 aliphatic carbocycles. The second kappa shape index (κ2) is 7.47. The molecule has 0 bridgehead atoms. The zero-order valence-electron chi connectivity index (χ0n) is 13.2. The molecule has 2 nitrogen and oxygen atoms in total. The zero-order valence-corrected chi connectivity index (χ0v) is 13.2. The molecule has 1 aliphatic heterocycles. The third-order valence-corrected chi connectivity index (χ3v) is 4.39. The van der Waals surface area contributed by atoms with E-state index < -0.39 is 0 Å². The topological polar surface area (TPSA) is 24.4 Å². The van der Waals surface area contributed by atoms with Crippen molar-refractivity contribution < 1.29 is 0 Å². The van der Waals surface area contributed by atoms with Gasteiger partial charge in [0.05, 0.1) is 6.04 Å². The van der Waals surface area contributed by atoms with Crippen LogP contribution in [0.1, 0.15) is 58.4 Å². The lowest BCUT2D eigenvalue weighted by Crippen LogP contribution is -2.20. The molecule has 1 fully saturated rings. The lowest BCUT2D eigenvalue weighted by molar-refractivity contribution is 0.320. The van der Waals surface area contributed by atoms with E-state index in [0.717, 1.165) is 12.3 Å². The molecule has 1 saturated carbocycles. The molecule has 1 aromatic carbocycles. The Morgan fingerprint density at radius 3 is 2.45 bits per heavy atom. The van der Waals surface area contributed by atoms with E-state index in [0.29, 0.717) is 6.04 Å². The van der Waals surface area contributed by atoms with Crippen LogP contribution < -0.4 is 5.32 Å². The van der Waals surface area contributed by atoms with Crippen LogP contribution in [0.2, 0.25) is 0 Å². The summed E-state index contributed by atoms with van der Waals surface area (Å²) in [6.07, 6.45) is 7.62. The van der Waals surface area contributed by atoms with E-state index >= 15 is 0 Å². The van der Waals surface area contributed by atoms with E-state index in [-0.39, 0.29) is 0 Å². The predicted octanol–water partition coefficient (Wildman–Crippen LogP) is 5.05. The van der Waals surface area contributed by atoms with Gasteiger partial charge in [0, 0.05) is 12.1 Å². The minimum Gasteiger partial charge on any atom is -0.344 e. The van der Waals surface area contributed by atoms with E-state index in [4.69, 9.17) is 4.99 Å². The molecule has 2 heteroatoms. The number of fused-ring (bicyclic) bond motifs is 1. The summed E-state index contributed by atoms with van der Waals surface area (Å²) in [6.45, 7) is 6.31. The van der Waals surface area contributed by atoms with Gasteiger partial charge in [-0.15, -0.1) is 0 Å². The highest BCUT2D eigenvalue weighted by molar-refractivity contribution is 6.03. The van der Waals surface area contributed by atoms with Gasteiger partial charge in [-0.1, -0.05) is 45.4 Å². The van der Waals surface area contributed by atoms with E-state index in [1.807, 2.05) is 13.8 Å². The molecule has 20 heavy (non-hydrogen) atoms. The summed E-state index contributed by atoms with van der Waals surface area (Å²) in [7, 11) is 0. The molecule has 1 aromatic rings. The molecule has 2 aliphatic rings. The average molecular weight is 272 g/mol. The van der Waals surface area contributed by atoms with Crippen LogP contribution in [0.4, 0.5) is 5.69 Å². The molecule has 1 heterocycles. The fourth-order valence-electron chi connectivity index (χ4n) is 3.16. The van der Waals surface area contributed by atoms with Crippen molar-refractivity contribution >= 4 is 11.5 Å². The third kappa shape index (κ3) is 3.62. The largest absolute Gasteiger partial charge is 0.344 e. The quantitative estimate of drug-likeness (QED) is 0.800. The first-order valence-electron chi connectivity index (χ1n) is 8.26. The van der Waals surface area contributed by atoms with Gasteiger partial charge in [-0.25, -0.2) is 0 Å². The number of benzene rings is 1. The van der Waals surface area contributed by atoms with Crippen LogP contribution in [0.25, 0.3) is 0 Å². The van der Waals surface area contributed by atoms with Crippen molar-refractivity contribution in [1.82, 2.24) is 0 Å². The van der Waals surface area contributed by atoms with Gasteiger partial charge in [0.15, 0.2) is 0 Å². The van der Waals surface area contributed by atoms with Crippen LogP contribution in [0.5, 0.6) is 0 Å². The highest BCUT2D eigenvalue weighted by atomic mass is 15.0. The SMILES string of the molecule is CC.CCC1CCC(N=C2Cc3ccccc3N2)CC1. The molecule has 0 atom stereocenters. The summed E-state index contributed by atoms with van der Waals surface area (Å²) < 4.78 is 0. The Morgan fingerprint density at radius 1 is 1.10 bits per heavy atom. The molecule has 0 saturated heterocycles.